The molecule has 100 valence electrons. The van der Waals surface area contributed by atoms with Crippen LogP contribution in [-0.2, 0) is 6.54 Å². The standard InChI is InChI=1S/C14H17N3O2/c1-10-9-11(2)17(14(18)16-10)7-8-19-13-6-4-3-5-12(13)15/h3-6,9H,7-8,15H2,1-2H3. The molecule has 2 aromatic rings. The Morgan fingerprint density at radius 2 is 2.05 bits per heavy atom. The van der Waals surface area contributed by atoms with Gasteiger partial charge in [0.2, 0.25) is 0 Å². The Balaban J connectivity index is 2.04. The lowest BCUT2D eigenvalue weighted by atomic mass is 10.3. The molecule has 0 atom stereocenters. The molecule has 0 aliphatic rings. The Hall–Kier alpha value is -2.30. The third-order valence-corrected chi connectivity index (χ3v) is 2.84. The van der Waals surface area contributed by atoms with Crippen LogP contribution in [0.25, 0.3) is 0 Å². The zero-order chi connectivity index (χ0) is 13.8. The van der Waals surface area contributed by atoms with Crippen molar-refractivity contribution in [3.05, 3.63) is 52.2 Å². The molecule has 0 spiro atoms. The van der Waals surface area contributed by atoms with Gasteiger partial charge in [0.1, 0.15) is 12.4 Å². The zero-order valence-corrected chi connectivity index (χ0v) is 11.1. The molecule has 0 saturated carbocycles. The number of hydrogen-bond donors (Lipinski definition) is 1. The van der Waals surface area contributed by atoms with Crippen LogP contribution in [0.3, 0.4) is 0 Å². The number of ether oxygens (including phenoxy) is 1. The van der Waals surface area contributed by atoms with Crippen molar-refractivity contribution in [3.8, 4) is 5.75 Å². The first-order valence-corrected chi connectivity index (χ1v) is 6.10. The quantitative estimate of drug-likeness (QED) is 0.845. The number of nitrogens with two attached hydrogens (primary N) is 1. The van der Waals surface area contributed by atoms with Crippen LogP contribution < -0.4 is 16.2 Å². The second kappa shape index (κ2) is 5.56. The summed E-state index contributed by atoms with van der Waals surface area (Å²) in [6.07, 6.45) is 0. The summed E-state index contributed by atoms with van der Waals surface area (Å²) in [7, 11) is 0. The monoisotopic (exact) mass is 259 g/mol. The lowest BCUT2D eigenvalue weighted by Gasteiger charge is -2.12. The van der Waals surface area contributed by atoms with Crippen molar-refractivity contribution in [3.63, 3.8) is 0 Å². The molecule has 0 amide bonds. The highest BCUT2D eigenvalue weighted by molar-refractivity contribution is 5.51. The van der Waals surface area contributed by atoms with Gasteiger partial charge in [-0.05, 0) is 32.0 Å². The molecule has 5 heteroatoms. The molecule has 19 heavy (non-hydrogen) atoms. The van der Waals surface area contributed by atoms with Gasteiger partial charge in [0.25, 0.3) is 0 Å². The first kappa shape index (κ1) is 13.1. The Morgan fingerprint density at radius 3 is 2.74 bits per heavy atom. The van der Waals surface area contributed by atoms with E-state index in [1.807, 2.05) is 25.1 Å². The van der Waals surface area contributed by atoms with Crippen molar-refractivity contribution in [1.29, 1.82) is 0 Å². The Kier molecular flexibility index (Phi) is 3.85. The predicted octanol–water partition coefficient (Wildman–Crippen LogP) is 1.52. The summed E-state index contributed by atoms with van der Waals surface area (Å²) >= 11 is 0. The summed E-state index contributed by atoms with van der Waals surface area (Å²) in [5.41, 5.74) is 7.72. The van der Waals surface area contributed by atoms with E-state index in [0.717, 1.165) is 11.4 Å². The summed E-state index contributed by atoms with van der Waals surface area (Å²) < 4.78 is 7.16. The summed E-state index contributed by atoms with van der Waals surface area (Å²) in [4.78, 5) is 15.6. The first-order valence-electron chi connectivity index (χ1n) is 6.10. The summed E-state index contributed by atoms with van der Waals surface area (Å²) in [6.45, 7) is 4.51. The van der Waals surface area contributed by atoms with Crippen LogP contribution in [0.15, 0.2) is 35.1 Å². The topological polar surface area (TPSA) is 70.1 Å². The predicted molar refractivity (Wildman–Crippen MR) is 74.3 cm³/mol. The second-order valence-electron chi connectivity index (χ2n) is 4.36. The number of nitrogens with zero attached hydrogens (tertiary/aromatic N) is 2. The van der Waals surface area contributed by atoms with E-state index in [1.54, 1.807) is 23.6 Å². The highest BCUT2D eigenvalue weighted by atomic mass is 16.5. The number of benzene rings is 1. The molecule has 0 radical (unpaired) electrons. The molecule has 1 aromatic carbocycles. The fourth-order valence-corrected chi connectivity index (χ4v) is 1.91. The molecule has 0 bridgehead atoms. The van der Waals surface area contributed by atoms with Crippen molar-refractivity contribution >= 4 is 5.69 Å². The van der Waals surface area contributed by atoms with Crippen LogP contribution in [0.1, 0.15) is 11.4 Å². The van der Waals surface area contributed by atoms with Crippen molar-refractivity contribution in [2.24, 2.45) is 0 Å². The number of hydrogen-bond acceptors (Lipinski definition) is 4. The smallest absolute Gasteiger partial charge is 0.348 e. The van der Waals surface area contributed by atoms with Crippen LogP contribution in [-0.4, -0.2) is 16.2 Å². The number of aryl methyl sites for hydroxylation is 2. The van der Waals surface area contributed by atoms with E-state index in [9.17, 15) is 4.79 Å². The maximum atomic E-state index is 11.7. The molecule has 0 aliphatic heterocycles. The lowest BCUT2D eigenvalue weighted by Crippen LogP contribution is -2.28. The first-order chi connectivity index (χ1) is 9.08. The van der Waals surface area contributed by atoms with E-state index < -0.39 is 0 Å². The molecule has 2 N–H and O–H groups in total. The van der Waals surface area contributed by atoms with Crippen molar-refractivity contribution < 1.29 is 4.74 Å². The molecule has 5 nitrogen and oxygen atoms in total. The molecule has 1 aromatic heterocycles. The molecule has 0 unspecified atom stereocenters. The van der Waals surface area contributed by atoms with E-state index >= 15 is 0 Å². The van der Waals surface area contributed by atoms with E-state index in [1.165, 1.54) is 0 Å². The van der Waals surface area contributed by atoms with Gasteiger partial charge in [0.05, 0.1) is 12.2 Å². The van der Waals surface area contributed by atoms with Crippen LogP contribution in [0, 0.1) is 13.8 Å². The minimum absolute atomic E-state index is 0.248. The summed E-state index contributed by atoms with van der Waals surface area (Å²) in [5, 5.41) is 0. The van der Waals surface area contributed by atoms with Gasteiger partial charge in [0, 0.05) is 11.4 Å². The Morgan fingerprint density at radius 1 is 1.32 bits per heavy atom. The molecular weight excluding hydrogens is 242 g/mol. The second-order valence-corrected chi connectivity index (χ2v) is 4.36. The third-order valence-electron chi connectivity index (χ3n) is 2.84. The van der Waals surface area contributed by atoms with Gasteiger partial charge in [-0.3, -0.25) is 4.57 Å². The normalized spacial score (nSPS) is 10.4. The summed E-state index contributed by atoms with van der Waals surface area (Å²) in [6, 6.07) is 9.16. The molecule has 2 rings (SSSR count). The van der Waals surface area contributed by atoms with Crippen LogP contribution >= 0.6 is 0 Å². The van der Waals surface area contributed by atoms with E-state index in [4.69, 9.17) is 10.5 Å². The van der Waals surface area contributed by atoms with Crippen LogP contribution in [0.5, 0.6) is 5.75 Å². The molecule has 0 saturated heterocycles. The van der Waals surface area contributed by atoms with Crippen molar-refractivity contribution in [1.82, 2.24) is 9.55 Å². The van der Waals surface area contributed by atoms with E-state index in [2.05, 4.69) is 4.98 Å². The van der Waals surface area contributed by atoms with Gasteiger partial charge in [-0.2, -0.15) is 4.98 Å². The number of anilines is 1. The van der Waals surface area contributed by atoms with Gasteiger partial charge in [-0.15, -0.1) is 0 Å². The van der Waals surface area contributed by atoms with Crippen LogP contribution in [0.2, 0.25) is 0 Å². The van der Waals surface area contributed by atoms with E-state index in [-0.39, 0.29) is 5.69 Å². The van der Waals surface area contributed by atoms with E-state index in [0.29, 0.717) is 24.6 Å². The molecule has 1 heterocycles. The van der Waals surface area contributed by atoms with Gasteiger partial charge < -0.3 is 10.5 Å². The lowest BCUT2D eigenvalue weighted by molar-refractivity contribution is 0.295. The SMILES string of the molecule is Cc1cc(C)n(CCOc2ccccc2N)c(=O)n1. The van der Waals surface area contributed by atoms with Gasteiger partial charge >= 0.3 is 5.69 Å². The zero-order valence-electron chi connectivity index (χ0n) is 11.1. The Bertz CT molecular complexity index is 635. The number of nitrogen functional groups attached to an aromatic ring is 1. The highest BCUT2D eigenvalue weighted by Crippen LogP contribution is 2.19. The van der Waals surface area contributed by atoms with Gasteiger partial charge in [-0.1, -0.05) is 12.1 Å². The van der Waals surface area contributed by atoms with Crippen molar-refractivity contribution in [2.75, 3.05) is 12.3 Å². The van der Waals surface area contributed by atoms with Gasteiger partial charge in [0.15, 0.2) is 0 Å². The minimum atomic E-state index is -0.248. The number of para-hydroxylation sites is 2. The minimum Gasteiger partial charge on any atom is -0.490 e. The maximum Gasteiger partial charge on any atom is 0.348 e. The number of rotatable bonds is 4. The van der Waals surface area contributed by atoms with Crippen LogP contribution in [0.4, 0.5) is 5.69 Å². The largest absolute Gasteiger partial charge is 0.490 e. The van der Waals surface area contributed by atoms with Crippen molar-refractivity contribution in [2.45, 2.75) is 20.4 Å². The average Bonchev–Trinajstić information content (AvgIpc) is 2.34. The maximum absolute atomic E-state index is 11.7. The summed E-state index contributed by atoms with van der Waals surface area (Å²) in [5.74, 6) is 0.633. The van der Waals surface area contributed by atoms with Gasteiger partial charge in [-0.25, -0.2) is 4.79 Å². The Labute approximate surface area is 111 Å². The number of aromatic nitrogens is 2. The fourth-order valence-electron chi connectivity index (χ4n) is 1.91. The highest BCUT2D eigenvalue weighted by Gasteiger charge is 2.04. The molecule has 0 fully saturated rings. The molecule has 0 aliphatic carbocycles. The molecular formula is C14H17N3O2. The fraction of sp³-hybridized carbons (Fsp3) is 0.286. The third kappa shape index (κ3) is 3.13. The average molecular weight is 259 g/mol.